The molecule has 10 heteroatoms. The Morgan fingerprint density at radius 3 is 2.84 bits per heavy atom. The number of anilines is 1. The number of nitrogens with two attached hydrogens (primary N) is 1. The second kappa shape index (κ2) is 11.7. The Bertz CT molecular complexity index is 1360. The van der Waals surface area contributed by atoms with Gasteiger partial charge in [0.15, 0.2) is 12.2 Å². The first kappa shape index (κ1) is 23.8. The molecule has 0 radical (unpaired) electrons. The molecule has 0 bridgehead atoms. The first-order valence-corrected chi connectivity index (χ1v) is 10.1. The lowest BCUT2D eigenvalue weighted by atomic mass is 10.3. The third kappa shape index (κ3) is 6.53. The molecule has 2 aromatic rings. The van der Waals surface area contributed by atoms with Crippen molar-refractivity contribution in [1.82, 2.24) is 9.88 Å². The fourth-order valence-corrected chi connectivity index (χ4v) is 3.33. The van der Waals surface area contributed by atoms with Crippen LogP contribution >= 0.6 is 11.3 Å². The summed E-state index contributed by atoms with van der Waals surface area (Å²) in [5, 5.41) is 14.4. The zero-order chi connectivity index (χ0) is 23.5. The van der Waals surface area contributed by atoms with Crippen LogP contribution in [-0.4, -0.2) is 29.5 Å². The van der Waals surface area contributed by atoms with Crippen LogP contribution in [0.1, 0.15) is 6.92 Å². The third-order valence-electron chi connectivity index (χ3n) is 3.82. The summed E-state index contributed by atoms with van der Waals surface area (Å²) >= 11 is 1.02. The third-order valence-corrected chi connectivity index (χ3v) is 4.84. The second-order valence-electron chi connectivity index (χ2n) is 5.99. The van der Waals surface area contributed by atoms with E-state index in [4.69, 9.17) is 22.2 Å². The predicted octanol–water partition coefficient (Wildman–Crippen LogP) is -0.622. The highest BCUT2D eigenvalue weighted by Gasteiger charge is 2.05. The monoisotopic (exact) mass is 449 g/mol. The maximum Gasteiger partial charge on any atom is 0.277 e. The van der Waals surface area contributed by atoms with E-state index in [2.05, 4.69) is 28.0 Å². The predicted molar refractivity (Wildman–Crippen MR) is 121 cm³/mol. The lowest BCUT2D eigenvalue weighted by Crippen LogP contribution is -2.30. The van der Waals surface area contributed by atoms with E-state index < -0.39 is 5.91 Å². The van der Waals surface area contributed by atoms with Gasteiger partial charge in [-0.1, -0.05) is 34.8 Å². The number of nitriles is 1. The Labute approximate surface area is 187 Å². The van der Waals surface area contributed by atoms with Crippen molar-refractivity contribution < 1.29 is 14.3 Å². The Morgan fingerprint density at radius 2 is 2.19 bits per heavy atom. The standard InChI is InChI=1S/C22H19N5O4S/c1-3-9-26-19(28)14-31-17-7-5-6-16(12-17)25-10-8-18-22(30)27(4-2)20(32-18)11-15(13-23)21(24)29/h1,5-7,10,12,25H,4,9,14H2,2H3,(H2,24,29)(H,26,28). The second-order valence-corrected chi connectivity index (χ2v) is 6.99. The van der Waals surface area contributed by atoms with Crippen molar-refractivity contribution >= 4 is 40.3 Å². The number of thiazole rings is 1. The summed E-state index contributed by atoms with van der Waals surface area (Å²) in [5.74, 6) is 1.50. The summed E-state index contributed by atoms with van der Waals surface area (Å²) in [6.07, 6.45) is 6.52. The molecular formula is C22H19N5O4S. The van der Waals surface area contributed by atoms with Crippen LogP contribution in [-0.2, 0) is 16.1 Å². The average Bonchev–Trinajstić information content (AvgIpc) is 3.08. The number of primary amides is 1. The molecule has 0 atom stereocenters. The average molecular weight is 449 g/mol. The minimum atomic E-state index is -0.922. The van der Waals surface area contributed by atoms with Gasteiger partial charge in [-0.25, -0.2) is 0 Å². The van der Waals surface area contributed by atoms with Gasteiger partial charge in [0.1, 0.15) is 21.0 Å². The lowest BCUT2D eigenvalue weighted by molar-refractivity contribution is -0.122. The van der Waals surface area contributed by atoms with Gasteiger partial charge in [0.2, 0.25) is 0 Å². The van der Waals surface area contributed by atoms with E-state index in [0.717, 1.165) is 11.3 Å². The molecule has 162 valence electrons. The van der Waals surface area contributed by atoms with Crippen molar-refractivity contribution in [2.24, 2.45) is 5.73 Å². The fraction of sp³-hybridized carbons (Fsp3) is 0.182. The van der Waals surface area contributed by atoms with Crippen molar-refractivity contribution in [1.29, 1.82) is 5.26 Å². The van der Waals surface area contributed by atoms with E-state index in [-0.39, 0.29) is 34.7 Å². The first-order chi connectivity index (χ1) is 15.4. The Morgan fingerprint density at radius 1 is 1.41 bits per heavy atom. The molecule has 2 rings (SSSR count). The number of aromatic nitrogens is 1. The van der Waals surface area contributed by atoms with E-state index in [9.17, 15) is 14.4 Å². The van der Waals surface area contributed by atoms with Gasteiger partial charge in [0.05, 0.1) is 6.54 Å². The van der Waals surface area contributed by atoms with Crippen LogP contribution in [0.5, 0.6) is 5.75 Å². The number of ether oxygens (including phenoxy) is 1. The highest BCUT2D eigenvalue weighted by atomic mass is 32.1. The molecule has 4 N–H and O–H groups in total. The van der Waals surface area contributed by atoms with Gasteiger partial charge in [-0.3, -0.25) is 19.0 Å². The quantitative estimate of drug-likeness (QED) is 0.279. The largest absolute Gasteiger partial charge is 0.484 e. The molecule has 0 fully saturated rings. The molecule has 1 aromatic carbocycles. The number of rotatable bonds is 8. The minimum absolute atomic E-state index is 0.127. The van der Waals surface area contributed by atoms with Gasteiger partial charge in [-0.05, 0) is 19.1 Å². The molecule has 0 spiro atoms. The molecule has 0 saturated carbocycles. The van der Waals surface area contributed by atoms with Crippen LogP contribution in [0, 0.1) is 23.7 Å². The van der Waals surface area contributed by atoms with Crippen molar-refractivity contribution in [3.8, 4) is 24.2 Å². The molecule has 0 unspecified atom stereocenters. The van der Waals surface area contributed by atoms with Crippen LogP contribution in [0.3, 0.4) is 0 Å². The number of nitrogens with one attached hydrogen (secondary N) is 2. The summed E-state index contributed by atoms with van der Waals surface area (Å²) in [6, 6.07) is 8.50. The van der Waals surface area contributed by atoms with Crippen LogP contribution < -0.4 is 35.9 Å². The number of hydrogen-bond donors (Lipinski definition) is 3. The topological polar surface area (TPSA) is 139 Å². The molecule has 9 nitrogen and oxygen atoms in total. The number of carbonyl (C=O) groups excluding carboxylic acids is 2. The van der Waals surface area contributed by atoms with Crippen molar-refractivity contribution in [2.75, 3.05) is 18.5 Å². The zero-order valence-electron chi connectivity index (χ0n) is 17.1. The number of terminal acetylenes is 1. The zero-order valence-corrected chi connectivity index (χ0v) is 17.9. The Kier molecular flexibility index (Phi) is 8.67. The van der Waals surface area contributed by atoms with Crippen LogP contribution in [0.2, 0.25) is 0 Å². The highest BCUT2D eigenvalue weighted by molar-refractivity contribution is 7.07. The molecule has 0 aliphatic rings. The van der Waals surface area contributed by atoms with E-state index in [1.165, 1.54) is 10.8 Å². The molecule has 2 amide bonds. The molecule has 1 heterocycles. The van der Waals surface area contributed by atoms with E-state index in [0.29, 0.717) is 22.6 Å². The normalized spacial score (nSPS) is 9.34. The number of carbonyl (C=O) groups is 2. The summed E-state index contributed by atoms with van der Waals surface area (Å²) in [4.78, 5) is 35.3. The van der Waals surface area contributed by atoms with E-state index in [1.54, 1.807) is 37.3 Å². The molecule has 0 aliphatic heterocycles. The van der Waals surface area contributed by atoms with Gasteiger partial charge in [0.25, 0.3) is 17.4 Å². The number of benzene rings is 1. The minimum Gasteiger partial charge on any atom is -0.484 e. The molecular weight excluding hydrogens is 430 g/mol. The highest BCUT2D eigenvalue weighted by Crippen LogP contribution is 2.17. The molecule has 0 saturated heterocycles. The Balaban J connectivity index is 2.29. The van der Waals surface area contributed by atoms with Crippen molar-refractivity contribution in [3.63, 3.8) is 0 Å². The van der Waals surface area contributed by atoms with Crippen LogP contribution in [0.25, 0.3) is 11.5 Å². The SMILES string of the molecule is C#CCNC(=O)COc1cccc(NC=C=c2sc(=C=C(C#N)C(N)=O)n(CC)c2=O)c1. The van der Waals surface area contributed by atoms with Crippen molar-refractivity contribution in [2.45, 2.75) is 13.5 Å². The van der Waals surface area contributed by atoms with Gasteiger partial charge in [0, 0.05) is 24.5 Å². The maximum atomic E-state index is 12.5. The van der Waals surface area contributed by atoms with Gasteiger partial charge >= 0.3 is 0 Å². The van der Waals surface area contributed by atoms with Gasteiger partial charge in [-0.2, -0.15) is 5.26 Å². The number of hydrogen-bond acceptors (Lipinski definition) is 7. The smallest absolute Gasteiger partial charge is 0.277 e. The summed E-state index contributed by atoms with van der Waals surface area (Å²) in [5.41, 5.74) is 10.5. The van der Waals surface area contributed by atoms with Crippen LogP contribution in [0.15, 0.2) is 40.8 Å². The number of amides is 2. The molecule has 32 heavy (non-hydrogen) atoms. The summed E-state index contributed by atoms with van der Waals surface area (Å²) in [7, 11) is 0. The number of nitrogens with zero attached hydrogens (tertiary/aromatic N) is 2. The van der Waals surface area contributed by atoms with Crippen LogP contribution in [0.4, 0.5) is 5.69 Å². The fourth-order valence-electron chi connectivity index (χ4n) is 2.34. The molecule has 1 aromatic heterocycles. The van der Waals surface area contributed by atoms with E-state index >= 15 is 0 Å². The lowest BCUT2D eigenvalue weighted by Gasteiger charge is -2.07. The molecule has 0 aliphatic carbocycles. The van der Waals surface area contributed by atoms with Gasteiger partial charge in [-0.15, -0.1) is 6.42 Å². The van der Waals surface area contributed by atoms with Gasteiger partial charge < -0.3 is 21.1 Å². The summed E-state index contributed by atoms with van der Waals surface area (Å²) < 4.78 is 7.32. The summed E-state index contributed by atoms with van der Waals surface area (Å²) in [6.45, 7) is 2.02. The van der Waals surface area contributed by atoms with E-state index in [1.807, 2.05) is 0 Å². The van der Waals surface area contributed by atoms with Crippen molar-refractivity contribution in [3.05, 3.63) is 55.6 Å². The Hall–Kier alpha value is -4.46. The maximum absolute atomic E-state index is 12.5. The first-order valence-electron chi connectivity index (χ1n) is 9.24.